The average molecular weight is 420 g/mol. The maximum Gasteiger partial charge on any atom is 0.260 e. The van der Waals surface area contributed by atoms with Gasteiger partial charge >= 0.3 is 0 Å². The quantitative estimate of drug-likeness (QED) is 0.596. The Bertz CT molecular complexity index is 736. The second-order valence-electron chi connectivity index (χ2n) is 6.09. The number of halogens is 1. The molecule has 2 rings (SSSR count). The molecule has 0 spiro atoms. The van der Waals surface area contributed by atoms with E-state index in [4.69, 9.17) is 21.1 Å². The van der Waals surface area contributed by atoms with Crippen molar-refractivity contribution in [1.82, 2.24) is 14.5 Å². The van der Waals surface area contributed by atoms with Crippen molar-refractivity contribution in [2.24, 2.45) is 0 Å². The molecule has 27 heavy (non-hydrogen) atoms. The van der Waals surface area contributed by atoms with Crippen molar-refractivity contribution >= 4 is 27.5 Å². The molecule has 1 aliphatic heterocycles. The Kier molecular flexibility index (Phi) is 8.30. The highest BCUT2D eigenvalue weighted by atomic mass is 35.5. The fraction of sp³-hybridized carbons (Fsp3) is 0.588. The molecule has 1 amide bonds. The molecule has 0 saturated carbocycles. The number of nitrogens with zero attached hydrogens (tertiary/aromatic N) is 2. The van der Waals surface area contributed by atoms with Gasteiger partial charge in [0.2, 0.25) is 10.0 Å². The van der Waals surface area contributed by atoms with Crippen LogP contribution in [0.15, 0.2) is 23.1 Å². The topological polar surface area (TPSA) is 88.2 Å². The third-order valence-electron chi connectivity index (χ3n) is 4.34. The highest BCUT2D eigenvalue weighted by molar-refractivity contribution is 7.89. The van der Waals surface area contributed by atoms with Gasteiger partial charge in [-0.05, 0) is 24.7 Å². The number of rotatable bonds is 9. The SMILES string of the molecule is CCN1CCN(C(=O)COc2ccc(S(=O)(=O)NCCOC)cc2Cl)CC1. The van der Waals surface area contributed by atoms with E-state index in [1.807, 2.05) is 0 Å². The van der Waals surface area contributed by atoms with E-state index in [1.54, 1.807) is 4.90 Å². The molecule has 0 radical (unpaired) electrons. The Morgan fingerprint density at radius 3 is 2.56 bits per heavy atom. The van der Waals surface area contributed by atoms with Gasteiger partial charge in [-0.3, -0.25) is 4.79 Å². The van der Waals surface area contributed by atoms with Crippen LogP contribution < -0.4 is 9.46 Å². The van der Waals surface area contributed by atoms with E-state index >= 15 is 0 Å². The highest BCUT2D eigenvalue weighted by Crippen LogP contribution is 2.27. The first-order valence-corrected chi connectivity index (χ1v) is 10.6. The molecule has 0 aliphatic carbocycles. The number of carbonyl (C=O) groups is 1. The molecule has 0 aromatic heterocycles. The zero-order valence-corrected chi connectivity index (χ0v) is 17.2. The third-order valence-corrected chi connectivity index (χ3v) is 6.09. The molecule has 152 valence electrons. The van der Waals surface area contributed by atoms with Gasteiger partial charge in [0.25, 0.3) is 5.91 Å². The molecule has 8 nitrogen and oxygen atoms in total. The zero-order chi connectivity index (χ0) is 19.9. The Morgan fingerprint density at radius 2 is 1.96 bits per heavy atom. The fourth-order valence-corrected chi connectivity index (χ4v) is 4.01. The lowest BCUT2D eigenvalue weighted by molar-refractivity contribution is -0.135. The summed E-state index contributed by atoms with van der Waals surface area (Å²) in [5.74, 6) is 0.160. The van der Waals surface area contributed by atoms with Crippen molar-refractivity contribution < 1.29 is 22.7 Å². The lowest BCUT2D eigenvalue weighted by Gasteiger charge is -2.33. The molecule has 0 bridgehead atoms. The number of methoxy groups -OCH3 is 1. The summed E-state index contributed by atoms with van der Waals surface area (Å²) in [6.45, 7) is 6.42. The van der Waals surface area contributed by atoms with Crippen LogP contribution in [0.2, 0.25) is 5.02 Å². The van der Waals surface area contributed by atoms with Crippen LogP contribution in [0.3, 0.4) is 0 Å². The van der Waals surface area contributed by atoms with Crippen molar-refractivity contribution in [1.29, 1.82) is 0 Å². The minimum atomic E-state index is -3.68. The van der Waals surface area contributed by atoms with Gasteiger partial charge in [-0.1, -0.05) is 18.5 Å². The molecule has 10 heteroatoms. The van der Waals surface area contributed by atoms with Crippen molar-refractivity contribution in [3.63, 3.8) is 0 Å². The number of likely N-dealkylation sites (N-methyl/N-ethyl adjacent to an activating group) is 1. The van der Waals surface area contributed by atoms with Crippen molar-refractivity contribution in [2.75, 3.05) is 59.6 Å². The summed E-state index contributed by atoms with van der Waals surface area (Å²) >= 11 is 6.13. The Balaban J connectivity index is 1.91. The van der Waals surface area contributed by atoms with E-state index in [9.17, 15) is 13.2 Å². The highest BCUT2D eigenvalue weighted by Gasteiger charge is 2.21. The number of benzene rings is 1. The summed E-state index contributed by atoms with van der Waals surface area (Å²) in [7, 11) is -2.19. The summed E-state index contributed by atoms with van der Waals surface area (Å²) in [5, 5.41) is 0.133. The number of ether oxygens (including phenoxy) is 2. The molecule has 0 atom stereocenters. The van der Waals surface area contributed by atoms with Crippen LogP contribution in [0.5, 0.6) is 5.75 Å². The third kappa shape index (κ3) is 6.32. The smallest absolute Gasteiger partial charge is 0.260 e. The van der Waals surface area contributed by atoms with Crippen LogP contribution in [-0.2, 0) is 19.6 Å². The van der Waals surface area contributed by atoms with Crippen molar-refractivity contribution in [2.45, 2.75) is 11.8 Å². The lowest BCUT2D eigenvalue weighted by atomic mass is 10.3. The van der Waals surface area contributed by atoms with Gasteiger partial charge in [0.15, 0.2) is 6.61 Å². The van der Waals surface area contributed by atoms with Gasteiger partial charge in [0.05, 0.1) is 16.5 Å². The van der Waals surface area contributed by atoms with E-state index in [1.165, 1.54) is 25.3 Å². The molecular weight excluding hydrogens is 394 g/mol. The summed E-state index contributed by atoms with van der Waals surface area (Å²) < 4.78 is 37.1. The fourth-order valence-electron chi connectivity index (χ4n) is 2.67. The van der Waals surface area contributed by atoms with Crippen LogP contribution in [0, 0.1) is 0 Å². The van der Waals surface area contributed by atoms with E-state index in [2.05, 4.69) is 16.5 Å². The standard InChI is InChI=1S/C17H26ClN3O5S/c1-3-20-7-9-21(10-8-20)17(22)13-26-16-5-4-14(12-15(16)18)27(23,24)19-6-11-25-2/h4-5,12,19H,3,6-11,13H2,1-2H3. The summed E-state index contributed by atoms with van der Waals surface area (Å²) in [4.78, 5) is 16.3. The number of piperazine rings is 1. The number of sulfonamides is 1. The van der Waals surface area contributed by atoms with Gasteiger partial charge in [-0.15, -0.1) is 0 Å². The van der Waals surface area contributed by atoms with Gasteiger partial charge in [-0.2, -0.15) is 0 Å². The normalized spacial score (nSPS) is 15.7. The molecule has 1 heterocycles. The Morgan fingerprint density at radius 1 is 1.26 bits per heavy atom. The number of hydrogen-bond acceptors (Lipinski definition) is 6. The summed E-state index contributed by atoms with van der Waals surface area (Å²) in [6.07, 6.45) is 0. The maximum atomic E-state index is 12.3. The molecule has 1 aromatic rings. The number of nitrogens with one attached hydrogen (secondary N) is 1. The molecule has 1 fully saturated rings. The lowest BCUT2D eigenvalue weighted by Crippen LogP contribution is -2.49. The molecule has 1 aromatic carbocycles. The summed E-state index contributed by atoms with van der Waals surface area (Å²) in [6, 6.07) is 4.15. The number of hydrogen-bond donors (Lipinski definition) is 1. The second-order valence-corrected chi connectivity index (χ2v) is 8.26. The van der Waals surface area contributed by atoms with Gasteiger partial charge < -0.3 is 19.3 Å². The van der Waals surface area contributed by atoms with E-state index in [-0.39, 0.29) is 41.3 Å². The number of carbonyl (C=O) groups excluding carboxylic acids is 1. The number of amides is 1. The first kappa shape index (κ1) is 21.9. The largest absolute Gasteiger partial charge is 0.482 e. The molecule has 1 aliphatic rings. The monoisotopic (exact) mass is 419 g/mol. The van der Waals surface area contributed by atoms with Crippen LogP contribution >= 0.6 is 11.6 Å². The molecular formula is C17H26ClN3O5S. The van der Waals surface area contributed by atoms with Crippen molar-refractivity contribution in [3.8, 4) is 5.75 Å². The van der Waals surface area contributed by atoms with E-state index in [0.29, 0.717) is 13.1 Å². The minimum absolute atomic E-state index is 0.0259. The molecule has 1 saturated heterocycles. The predicted molar refractivity (Wildman–Crippen MR) is 103 cm³/mol. The van der Waals surface area contributed by atoms with E-state index < -0.39 is 10.0 Å². The molecule has 0 unspecified atom stereocenters. The molecule has 1 N–H and O–H groups in total. The first-order chi connectivity index (χ1) is 12.9. The van der Waals surface area contributed by atoms with Crippen LogP contribution in [0.4, 0.5) is 0 Å². The Labute approximate surface area is 165 Å². The van der Waals surface area contributed by atoms with E-state index in [0.717, 1.165) is 19.6 Å². The van der Waals surface area contributed by atoms with Crippen LogP contribution in [0.25, 0.3) is 0 Å². The van der Waals surface area contributed by atoms with Crippen LogP contribution in [0.1, 0.15) is 6.92 Å². The first-order valence-electron chi connectivity index (χ1n) is 8.78. The second kappa shape index (κ2) is 10.2. The Hall–Kier alpha value is -1.39. The van der Waals surface area contributed by atoms with Crippen molar-refractivity contribution in [3.05, 3.63) is 23.2 Å². The summed E-state index contributed by atoms with van der Waals surface area (Å²) in [5.41, 5.74) is 0. The van der Waals surface area contributed by atoms with Gasteiger partial charge in [0.1, 0.15) is 5.75 Å². The average Bonchev–Trinajstić information content (AvgIpc) is 2.67. The van der Waals surface area contributed by atoms with Gasteiger partial charge in [-0.25, -0.2) is 13.1 Å². The minimum Gasteiger partial charge on any atom is -0.482 e. The maximum absolute atomic E-state index is 12.3. The zero-order valence-electron chi connectivity index (χ0n) is 15.6. The van der Waals surface area contributed by atoms with Gasteiger partial charge in [0, 0.05) is 39.8 Å². The van der Waals surface area contributed by atoms with Crippen LogP contribution in [-0.4, -0.2) is 83.7 Å². The predicted octanol–water partition coefficient (Wildman–Crippen LogP) is 0.808.